The molecule has 56 valence electrons. The van der Waals surface area contributed by atoms with E-state index >= 15 is 0 Å². The summed E-state index contributed by atoms with van der Waals surface area (Å²) in [5, 5.41) is 0. The van der Waals surface area contributed by atoms with Crippen LogP contribution in [0.5, 0.6) is 0 Å². The molecular weight excluding hydrogens is 147 g/mol. The molecule has 0 N–H and O–H groups in total. The van der Waals surface area contributed by atoms with Crippen molar-refractivity contribution in [1.82, 2.24) is 0 Å². The van der Waals surface area contributed by atoms with E-state index in [2.05, 4.69) is 13.2 Å². The molecule has 0 rings (SSSR count). The number of hydrogen-bond donors (Lipinski definition) is 0. The van der Waals surface area contributed by atoms with Gasteiger partial charge in [-0.15, -0.1) is 11.8 Å². The monoisotopic (exact) mass is 158 g/mol. The molecule has 0 fully saturated rings. The summed E-state index contributed by atoms with van der Waals surface area (Å²) in [6.07, 6.45) is 3.51. The van der Waals surface area contributed by atoms with Crippen LogP contribution in [-0.2, 0) is 0 Å². The van der Waals surface area contributed by atoms with Gasteiger partial charge in [0.2, 0.25) is 0 Å². The Balaban J connectivity index is 4.59. The maximum Gasteiger partial charge on any atom is 0.120 e. The molecule has 0 saturated heterocycles. The van der Waals surface area contributed by atoms with Crippen LogP contribution in [0.25, 0.3) is 0 Å². The highest BCUT2D eigenvalue weighted by molar-refractivity contribution is 8.02. The predicted molar refractivity (Wildman–Crippen MR) is 46.7 cm³/mol. The van der Waals surface area contributed by atoms with Crippen LogP contribution in [-0.4, -0.2) is 6.26 Å². The average Bonchev–Trinajstić information content (AvgIpc) is 1.90. The van der Waals surface area contributed by atoms with E-state index in [1.807, 2.05) is 6.26 Å². The predicted octanol–water partition coefficient (Wildman–Crippen LogP) is 3.29. The van der Waals surface area contributed by atoms with Crippen molar-refractivity contribution < 1.29 is 4.39 Å². The Hall–Kier alpha value is -0.500. The maximum absolute atomic E-state index is 12.4. The Morgan fingerprint density at radius 2 is 2.10 bits per heavy atom. The maximum atomic E-state index is 12.4. The van der Waals surface area contributed by atoms with Crippen LogP contribution in [0.1, 0.15) is 6.92 Å². The van der Waals surface area contributed by atoms with Crippen molar-refractivity contribution in [2.75, 3.05) is 6.26 Å². The van der Waals surface area contributed by atoms with E-state index in [0.29, 0.717) is 5.57 Å². The van der Waals surface area contributed by atoms with Crippen molar-refractivity contribution in [2.24, 2.45) is 0 Å². The molecule has 0 spiro atoms. The first-order valence-corrected chi connectivity index (χ1v) is 4.08. The highest BCUT2D eigenvalue weighted by Crippen LogP contribution is 2.22. The van der Waals surface area contributed by atoms with Gasteiger partial charge in [-0.25, -0.2) is 4.39 Å². The van der Waals surface area contributed by atoms with Crippen LogP contribution in [0, 0.1) is 0 Å². The molecule has 0 unspecified atom stereocenters. The van der Waals surface area contributed by atoms with Gasteiger partial charge in [-0.05, 0) is 18.8 Å². The first kappa shape index (κ1) is 9.50. The van der Waals surface area contributed by atoms with E-state index in [1.165, 1.54) is 11.8 Å². The van der Waals surface area contributed by atoms with E-state index in [4.69, 9.17) is 0 Å². The SMILES string of the molecule is C=C/C(SC)=C(/C)C(=C)F. The van der Waals surface area contributed by atoms with Gasteiger partial charge in [0, 0.05) is 4.91 Å². The van der Waals surface area contributed by atoms with Gasteiger partial charge in [0.1, 0.15) is 5.83 Å². The summed E-state index contributed by atoms with van der Waals surface area (Å²) in [6, 6.07) is 0. The molecule has 0 atom stereocenters. The fraction of sp³-hybridized carbons (Fsp3) is 0.250. The van der Waals surface area contributed by atoms with Crippen molar-refractivity contribution in [3.63, 3.8) is 0 Å². The highest BCUT2D eigenvalue weighted by Gasteiger charge is 1.99. The molecule has 0 aliphatic rings. The van der Waals surface area contributed by atoms with Gasteiger partial charge < -0.3 is 0 Å². The lowest BCUT2D eigenvalue weighted by molar-refractivity contribution is 0.655. The minimum Gasteiger partial charge on any atom is -0.207 e. The second-order valence-electron chi connectivity index (χ2n) is 1.80. The van der Waals surface area contributed by atoms with Crippen LogP contribution in [0.4, 0.5) is 4.39 Å². The summed E-state index contributed by atoms with van der Waals surface area (Å²) in [6.45, 7) is 8.43. The van der Waals surface area contributed by atoms with Crippen LogP contribution >= 0.6 is 11.8 Å². The van der Waals surface area contributed by atoms with E-state index < -0.39 is 0 Å². The molecule has 0 nitrogen and oxygen atoms in total. The zero-order valence-corrected chi connectivity index (χ0v) is 7.09. The number of allylic oxidation sites excluding steroid dienone is 3. The Morgan fingerprint density at radius 3 is 2.20 bits per heavy atom. The fourth-order valence-electron chi connectivity index (χ4n) is 0.523. The van der Waals surface area contributed by atoms with Gasteiger partial charge in [0.05, 0.1) is 0 Å². The molecule has 2 heteroatoms. The minimum absolute atomic E-state index is 0.385. The Morgan fingerprint density at radius 1 is 1.60 bits per heavy atom. The van der Waals surface area contributed by atoms with E-state index in [-0.39, 0.29) is 5.83 Å². The number of hydrogen-bond acceptors (Lipinski definition) is 1. The van der Waals surface area contributed by atoms with Crippen LogP contribution in [0.15, 0.2) is 35.5 Å². The lowest BCUT2D eigenvalue weighted by atomic mass is 10.2. The van der Waals surface area contributed by atoms with E-state index in [1.54, 1.807) is 13.0 Å². The van der Waals surface area contributed by atoms with Gasteiger partial charge in [0.25, 0.3) is 0 Å². The molecule has 0 aliphatic carbocycles. The van der Waals surface area contributed by atoms with Gasteiger partial charge in [-0.1, -0.05) is 19.2 Å². The summed E-state index contributed by atoms with van der Waals surface area (Å²) in [5.74, 6) is -0.385. The second-order valence-corrected chi connectivity index (χ2v) is 2.65. The summed E-state index contributed by atoms with van der Waals surface area (Å²) in [7, 11) is 0. The van der Waals surface area contributed by atoms with Crippen molar-refractivity contribution in [2.45, 2.75) is 6.92 Å². The Kier molecular flexibility index (Phi) is 4.12. The molecule has 0 heterocycles. The second kappa shape index (κ2) is 4.34. The third-order valence-corrected chi connectivity index (χ3v) is 2.09. The standard InChI is InChI=1S/C8H11FS/c1-5-8(10-4)6(2)7(3)9/h5H,1,3H2,2,4H3/b8-6+. The van der Waals surface area contributed by atoms with Gasteiger partial charge >= 0.3 is 0 Å². The van der Waals surface area contributed by atoms with E-state index in [0.717, 1.165) is 4.91 Å². The van der Waals surface area contributed by atoms with Crippen LogP contribution in [0.2, 0.25) is 0 Å². The smallest absolute Gasteiger partial charge is 0.120 e. The normalized spacial score (nSPS) is 12.3. The fourth-order valence-corrected chi connectivity index (χ4v) is 1.11. The van der Waals surface area contributed by atoms with Gasteiger partial charge in [0.15, 0.2) is 0 Å². The third-order valence-electron chi connectivity index (χ3n) is 1.18. The summed E-state index contributed by atoms with van der Waals surface area (Å²) >= 11 is 1.47. The molecule has 0 aliphatic heterocycles. The molecule has 0 saturated carbocycles. The Bertz CT molecular complexity index is 180. The van der Waals surface area contributed by atoms with Gasteiger partial charge in [-0.3, -0.25) is 0 Å². The number of thioether (sulfide) groups is 1. The summed E-state index contributed by atoms with van der Waals surface area (Å²) < 4.78 is 12.4. The third kappa shape index (κ3) is 2.40. The van der Waals surface area contributed by atoms with Crippen molar-refractivity contribution >= 4 is 11.8 Å². The average molecular weight is 158 g/mol. The lowest BCUT2D eigenvalue weighted by Crippen LogP contribution is -1.79. The molecular formula is C8H11FS. The summed E-state index contributed by atoms with van der Waals surface area (Å²) in [5.41, 5.74) is 0.572. The molecule has 10 heavy (non-hydrogen) atoms. The highest BCUT2D eigenvalue weighted by atomic mass is 32.2. The largest absolute Gasteiger partial charge is 0.207 e. The first-order chi connectivity index (χ1) is 4.63. The lowest BCUT2D eigenvalue weighted by Gasteiger charge is -2.00. The van der Waals surface area contributed by atoms with E-state index in [9.17, 15) is 4.39 Å². The molecule has 0 aromatic rings. The summed E-state index contributed by atoms with van der Waals surface area (Å²) in [4.78, 5) is 0.840. The zero-order valence-electron chi connectivity index (χ0n) is 6.28. The minimum atomic E-state index is -0.385. The molecule has 0 amide bonds. The molecule has 0 bridgehead atoms. The van der Waals surface area contributed by atoms with Crippen molar-refractivity contribution in [3.8, 4) is 0 Å². The first-order valence-electron chi connectivity index (χ1n) is 2.85. The van der Waals surface area contributed by atoms with Crippen molar-refractivity contribution in [1.29, 1.82) is 0 Å². The molecule has 0 aromatic heterocycles. The van der Waals surface area contributed by atoms with Crippen LogP contribution in [0.3, 0.4) is 0 Å². The van der Waals surface area contributed by atoms with Crippen molar-refractivity contribution in [3.05, 3.63) is 35.5 Å². The number of rotatable bonds is 3. The molecule has 0 aromatic carbocycles. The van der Waals surface area contributed by atoms with Crippen LogP contribution < -0.4 is 0 Å². The number of halogens is 1. The Labute approximate surface area is 65.5 Å². The quantitative estimate of drug-likeness (QED) is 0.568. The topological polar surface area (TPSA) is 0 Å². The zero-order chi connectivity index (χ0) is 8.15. The molecule has 0 radical (unpaired) electrons. The van der Waals surface area contributed by atoms with Gasteiger partial charge in [-0.2, -0.15) is 0 Å².